The summed E-state index contributed by atoms with van der Waals surface area (Å²) in [5.74, 6) is 0.241. The number of rotatable bonds is 1. The molecule has 11 heavy (non-hydrogen) atoms. The Kier molecular flexibility index (Phi) is 2.49. The Labute approximate surface area is 68.0 Å². The van der Waals surface area contributed by atoms with Crippen molar-refractivity contribution in [3.8, 4) is 0 Å². The standard InChI is InChI=1S/C8H16N2O/c1-9(2)8(11)7-5-4-6-10(7)3/h7H,4-6H2,1-3H3. The summed E-state index contributed by atoms with van der Waals surface area (Å²) >= 11 is 0. The van der Waals surface area contributed by atoms with Crippen molar-refractivity contribution in [1.82, 2.24) is 9.80 Å². The highest BCUT2D eigenvalue weighted by Crippen LogP contribution is 2.15. The smallest absolute Gasteiger partial charge is 0.239 e. The summed E-state index contributed by atoms with van der Waals surface area (Å²) in [5.41, 5.74) is 0. The van der Waals surface area contributed by atoms with Gasteiger partial charge in [0.2, 0.25) is 5.91 Å². The van der Waals surface area contributed by atoms with E-state index >= 15 is 0 Å². The fourth-order valence-corrected chi connectivity index (χ4v) is 1.52. The van der Waals surface area contributed by atoms with Crippen LogP contribution in [-0.2, 0) is 4.79 Å². The molecule has 0 bridgehead atoms. The van der Waals surface area contributed by atoms with Crippen LogP contribution in [0, 0.1) is 0 Å². The summed E-state index contributed by atoms with van der Waals surface area (Å²) in [4.78, 5) is 15.2. The third-order valence-corrected chi connectivity index (χ3v) is 2.25. The summed E-state index contributed by atoms with van der Waals surface area (Å²) in [6.45, 7) is 1.06. The van der Waals surface area contributed by atoms with Crippen molar-refractivity contribution >= 4 is 5.91 Å². The molecule has 0 aromatic carbocycles. The lowest BCUT2D eigenvalue weighted by molar-refractivity contribution is -0.132. The minimum atomic E-state index is 0.144. The Morgan fingerprint density at radius 3 is 2.55 bits per heavy atom. The summed E-state index contributed by atoms with van der Waals surface area (Å²) < 4.78 is 0. The largest absolute Gasteiger partial charge is 0.347 e. The number of carbonyl (C=O) groups excluding carboxylic acids is 1. The highest BCUT2D eigenvalue weighted by molar-refractivity contribution is 5.81. The summed E-state index contributed by atoms with van der Waals surface area (Å²) in [6, 6.07) is 0.144. The molecular weight excluding hydrogens is 140 g/mol. The number of likely N-dealkylation sites (N-methyl/N-ethyl adjacent to an activating group) is 2. The fourth-order valence-electron chi connectivity index (χ4n) is 1.52. The molecule has 0 radical (unpaired) electrons. The molecule has 3 heteroatoms. The Morgan fingerprint density at radius 1 is 1.55 bits per heavy atom. The second kappa shape index (κ2) is 3.22. The Morgan fingerprint density at radius 2 is 2.18 bits per heavy atom. The highest BCUT2D eigenvalue weighted by Gasteiger charge is 2.28. The van der Waals surface area contributed by atoms with E-state index in [0.717, 1.165) is 19.4 Å². The van der Waals surface area contributed by atoms with Crippen molar-refractivity contribution in [2.24, 2.45) is 0 Å². The molecule has 1 atom stereocenters. The second-order valence-electron chi connectivity index (χ2n) is 3.37. The van der Waals surface area contributed by atoms with Crippen molar-refractivity contribution in [1.29, 1.82) is 0 Å². The molecule has 1 fully saturated rings. The van der Waals surface area contributed by atoms with Gasteiger partial charge in [-0.3, -0.25) is 9.69 Å². The van der Waals surface area contributed by atoms with Crippen LogP contribution in [0.1, 0.15) is 12.8 Å². The molecule has 3 nitrogen and oxygen atoms in total. The molecule has 64 valence electrons. The van der Waals surface area contributed by atoms with Crippen LogP contribution in [-0.4, -0.2) is 49.4 Å². The van der Waals surface area contributed by atoms with Crippen molar-refractivity contribution < 1.29 is 4.79 Å². The minimum Gasteiger partial charge on any atom is -0.347 e. The van der Waals surface area contributed by atoms with Gasteiger partial charge >= 0.3 is 0 Å². The molecule has 1 amide bonds. The molecule has 1 unspecified atom stereocenters. The van der Waals surface area contributed by atoms with E-state index in [9.17, 15) is 4.79 Å². The van der Waals surface area contributed by atoms with Crippen molar-refractivity contribution in [3.05, 3.63) is 0 Å². The summed E-state index contributed by atoms with van der Waals surface area (Å²) in [6.07, 6.45) is 2.17. The lowest BCUT2D eigenvalue weighted by Crippen LogP contribution is -2.40. The van der Waals surface area contributed by atoms with Gasteiger partial charge in [0, 0.05) is 14.1 Å². The molecule has 1 saturated heterocycles. The van der Waals surface area contributed by atoms with Crippen LogP contribution in [0.15, 0.2) is 0 Å². The molecule has 0 aromatic rings. The Hall–Kier alpha value is -0.570. The average Bonchev–Trinajstić information content (AvgIpc) is 2.33. The zero-order valence-corrected chi connectivity index (χ0v) is 7.50. The van der Waals surface area contributed by atoms with E-state index in [1.54, 1.807) is 4.90 Å². The van der Waals surface area contributed by atoms with Crippen LogP contribution in [0.3, 0.4) is 0 Å². The molecule has 1 aliphatic heterocycles. The second-order valence-corrected chi connectivity index (χ2v) is 3.37. The minimum absolute atomic E-state index is 0.144. The van der Waals surface area contributed by atoms with Crippen LogP contribution < -0.4 is 0 Å². The number of nitrogens with zero attached hydrogens (tertiary/aromatic N) is 2. The van der Waals surface area contributed by atoms with Crippen LogP contribution in [0.4, 0.5) is 0 Å². The number of carbonyl (C=O) groups is 1. The quantitative estimate of drug-likeness (QED) is 0.540. The first kappa shape index (κ1) is 8.53. The predicted molar refractivity (Wildman–Crippen MR) is 44.3 cm³/mol. The van der Waals surface area contributed by atoms with E-state index in [-0.39, 0.29) is 11.9 Å². The van der Waals surface area contributed by atoms with E-state index < -0.39 is 0 Å². The molecule has 0 aromatic heterocycles. The Balaban J connectivity index is 2.53. The van der Waals surface area contributed by atoms with Gasteiger partial charge in [0.25, 0.3) is 0 Å². The Bertz CT molecular complexity index is 156. The zero-order valence-electron chi connectivity index (χ0n) is 7.50. The van der Waals surface area contributed by atoms with Gasteiger partial charge in [-0.2, -0.15) is 0 Å². The number of amides is 1. The van der Waals surface area contributed by atoms with E-state index in [0.29, 0.717) is 0 Å². The first-order chi connectivity index (χ1) is 5.13. The van der Waals surface area contributed by atoms with Gasteiger partial charge in [-0.15, -0.1) is 0 Å². The first-order valence-electron chi connectivity index (χ1n) is 4.04. The van der Waals surface area contributed by atoms with Crippen molar-refractivity contribution in [2.45, 2.75) is 18.9 Å². The van der Waals surface area contributed by atoms with Gasteiger partial charge in [0.15, 0.2) is 0 Å². The van der Waals surface area contributed by atoms with E-state index in [1.165, 1.54) is 0 Å². The molecule has 1 aliphatic rings. The molecule has 0 N–H and O–H groups in total. The fraction of sp³-hybridized carbons (Fsp3) is 0.875. The van der Waals surface area contributed by atoms with Crippen LogP contribution in [0.25, 0.3) is 0 Å². The average molecular weight is 156 g/mol. The summed E-state index contributed by atoms with van der Waals surface area (Å²) in [5, 5.41) is 0. The van der Waals surface area contributed by atoms with Gasteiger partial charge in [-0.25, -0.2) is 0 Å². The lowest BCUT2D eigenvalue weighted by Gasteiger charge is -2.21. The van der Waals surface area contributed by atoms with Crippen LogP contribution in [0.5, 0.6) is 0 Å². The monoisotopic (exact) mass is 156 g/mol. The van der Waals surface area contributed by atoms with Gasteiger partial charge in [0.05, 0.1) is 6.04 Å². The maximum absolute atomic E-state index is 11.4. The van der Waals surface area contributed by atoms with Gasteiger partial charge in [-0.1, -0.05) is 0 Å². The first-order valence-corrected chi connectivity index (χ1v) is 4.04. The zero-order chi connectivity index (χ0) is 8.43. The van der Waals surface area contributed by atoms with Gasteiger partial charge in [0.1, 0.15) is 0 Å². The normalized spacial score (nSPS) is 25.5. The number of hydrogen-bond acceptors (Lipinski definition) is 2. The molecular formula is C8H16N2O. The van der Waals surface area contributed by atoms with Gasteiger partial charge in [-0.05, 0) is 26.4 Å². The van der Waals surface area contributed by atoms with Crippen molar-refractivity contribution in [3.63, 3.8) is 0 Å². The predicted octanol–water partition coefficient (Wildman–Crippen LogP) is 0.169. The maximum atomic E-state index is 11.4. The van der Waals surface area contributed by atoms with Gasteiger partial charge < -0.3 is 4.90 Å². The number of hydrogen-bond donors (Lipinski definition) is 0. The number of likely N-dealkylation sites (tertiary alicyclic amines) is 1. The van der Waals surface area contributed by atoms with Crippen molar-refractivity contribution in [2.75, 3.05) is 27.7 Å². The van der Waals surface area contributed by atoms with Crippen LogP contribution in [0.2, 0.25) is 0 Å². The molecule has 0 aliphatic carbocycles. The van der Waals surface area contributed by atoms with E-state index in [4.69, 9.17) is 0 Å². The lowest BCUT2D eigenvalue weighted by atomic mass is 10.2. The highest BCUT2D eigenvalue weighted by atomic mass is 16.2. The van der Waals surface area contributed by atoms with E-state index in [2.05, 4.69) is 4.90 Å². The molecule has 1 heterocycles. The third-order valence-electron chi connectivity index (χ3n) is 2.25. The molecule has 0 spiro atoms. The van der Waals surface area contributed by atoms with E-state index in [1.807, 2.05) is 21.1 Å². The molecule has 1 rings (SSSR count). The maximum Gasteiger partial charge on any atom is 0.239 e. The van der Waals surface area contributed by atoms with Crippen LogP contribution >= 0.6 is 0 Å². The summed E-state index contributed by atoms with van der Waals surface area (Å²) in [7, 11) is 5.64. The topological polar surface area (TPSA) is 23.6 Å². The SMILES string of the molecule is CN(C)C(=O)C1CCCN1C. The molecule has 0 saturated carbocycles. The third kappa shape index (κ3) is 1.71.